The Bertz CT molecular complexity index is 511. The molecule has 1 aliphatic rings. The first-order valence-electron chi connectivity index (χ1n) is 6.93. The van der Waals surface area contributed by atoms with Crippen molar-refractivity contribution in [3.05, 3.63) is 23.5 Å². The van der Waals surface area contributed by atoms with Gasteiger partial charge in [0, 0.05) is 35.7 Å². The van der Waals surface area contributed by atoms with E-state index in [1.165, 1.54) is 25.7 Å². The van der Waals surface area contributed by atoms with Crippen LogP contribution in [0.1, 0.15) is 38.3 Å². The number of hydrogen-bond donors (Lipinski definition) is 1. The van der Waals surface area contributed by atoms with Crippen molar-refractivity contribution < 1.29 is 0 Å². The molecule has 0 radical (unpaired) electrons. The van der Waals surface area contributed by atoms with Crippen LogP contribution in [-0.4, -0.2) is 20.8 Å². The Kier molecular flexibility index (Phi) is 3.83. The van der Waals surface area contributed by atoms with E-state index in [-0.39, 0.29) is 5.54 Å². The van der Waals surface area contributed by atoms with E-state index in [1.807, 2.05) is 0 Å². The van der Waals surface area contributed by atoms with Crippen LogP contribution in [-0.2, 0) is 6.54 Å². The van der Waals surface area contributed by atoms with Gasteiger partial charge in [-0.3, -0.25) is 4.40 Å². The third-order valence-corrected chi connectivity index (χ3v) is 5.56. The van der Waals surface area contributed by atoms with Gasteiger partial charge >= 0.3 is 0 Å². The van der Waals surface area contributed by atoms with E-state index < -0.39 is 0 Å². The van der Waals surface area contributed by atoms with Crippen molar-refractivity contribution in [1.29, 1.82) is 0 Å². The van der Waals surface area contributed by atoms with E-state index in [2.05, 4.69) is 39.4 Å². The first-order chi connectivity index (χ1) is 9.21. The van der Waals surface area contributed by atoms with Crippen LogP contribution in [0.2, 0.25) is 0 Å². The highest BCUT2D eigenvalue weighted by molar-refractivity contribution is 7.15. The summed E-state index contributed by atoms with van der Waals surface area (Å²) in [7, 11) is 0. The molecule has 2 aromatic heterocycles. The van der Waals surface area contributed by atoms with Gasteiger partial charge in [0.25, 0.3) is 0 Å². The molecule has 2 aromatic rings. The van der Waals surface area contributed by atoms with Gasteiger partial charge in [-0.2, -0.15) is 0 Å². The van der Waals surface area contributed by atoms with Gasteiger partial charge in [-0.25, -0.2) is 4.98 Å². The van der Waals surface area contributed by atoms with Crippen LogP contribution in [0, 0.1) is 5.92 Å². The fraction of sp³-hybridized carbons (Fsp3) is 0.643. The number of thiazole rings is 1. The van der Waals surface area contributed by atoms with Gasteiger partial charge in [-0.15, -0.1) is 22.9 Å². The fourth-order valence-corrected chi connectivity index (χ4v) is 3.89. The zero-order chi connectivity index (χ0) is 13.3. The summed E-state index contributed by atoms with van der Waals surface area (Å²) in [6, 6.07) is 0. The molecule has 104 valence electrons. The lowest BCUT2D eigenvalue weighted by Gasteiger charge is -2.38. The Hall–Kier alpha value is -0.580. The molecule has 3 nitrogen and oxygen atoms in total. The minimum Gasteiger partial charge on any atom is -0.304 e. The summed E-state index contributed by atoms with van der Waals surface area (Å²) in [6.07, 6.45) is 9.07. The molecule has 0 bridgehead atoms. The van der Waals surface area contributed by atoms with Crippen LogP contribution >= 0.6 is 22.9 Å². The van der Waals surface area contributed by atoms with Gasteiger partial charge in [-0.1, -0.05) is 6.92 Å². The molecule has 1 fully saturated rings. The molecule has 0 unspecified atom stereocenters. The molecule has 0 spiro atoms. The van der Waals surface area contributed by atoms with Gasteiger partial charge in [0.15, 0.2) is 4.96 Å². The standard InChI is InChI=1S/C14H20ClN3S/c1-11-2-4-14(10-15,5-3-11)16-8-12-9-18-6-7-19-13(18)17-12/h6-7,9,11,16H,2-5,8,10H2,1H3. The van der Waals surface area contributed by atoms with Gasteiger partial charge in [-0.05, 0) is 31.6 Å². The van der Waals surface area contributed by atoms with Crippen LogP contribution in [0.5, 0.6) is 0 Å². The van der Waals surface area contributed by atoms with Crippen LogP contribution in [0.15, 0.2) is 17.8 Å². The second-order valence-corrected chi connectivity index (χ2v) is 6.92. The number of nitrogens with zero attached hydrogens (tertiary/aromatic N) is 2. The van der Waals surface area contributed by atoms with Crippen molar-refractivity contribution in [3.63, 3.8) is 0 Å². The smallest absolute Gasteiger partial charge is 0.193 e. The lowest BCUT2D eigenvalue weighted by Crippen LogP contribution is -2.49. The van der Waals surface area contributed by atoms with E-state index >= 15 is 0 Å². The Labute approximate surface area is 123 Å². The SMILES string of the molecule is CC1CCC(CCl)(NCc2cn3ccsc3n2)CC1. The van der Waals surface area contributed by atoms with E-state index in [9.17, 15) is 0 Å². The molecule has 0 atom stereocenters. The summed E-state index contributed by atoms with van der Waals surface area (Å²) in [6.45, 7) is 3.15. The first-order valence-corrected chi connectivity index (χ1v) is 8.34. The number of aromatic nitrogens is 2. The Morgan fingerprint density at radius 3 is 3.00 bits per heavy atom. The predicted octanol–water partition coefficient (Wildman–Crippen LogP) is 3.67. The van der Waals surface area contributed by atoms with Crippen molar-refractivity contribution >= 4 is 27.9 Å². The summed E-state index contributed by atoms with van der Waals surface area (Å²) in [4.78, 5) is 5.68. The summed E-state index contributed by atoms with van der Waals surface area (Å²) in [5.41, 5.74) is 1.22. The van der Waals surface area contributed by atoms with Crippen molar-refractivity contribution in [1.82, 2.24) is 14.7 Å². The summed E-state index contributed by atoms with van der Waals surface area (Å²) in [5.74, 6) is 1.54. The second kappa shape index (κ2) is 5.43. The monoisotopic (exact) mass is 297 g/mol. The van der Waals surface area contributed by atoms with Crippen molar-refractivity contribution in [2.24, 2.45) is 5.92 Å². The molecule has 19 heavy (non-hydrogen) atoms. The van der Waals surface area contributed by atoms with Gasteiger partial charge in [0.1, 0.15) is 0 Å². The van der Waals surface area contributed by atoms with Crippen molar-refractivity contribution in [2.45, 2.75) is 44.7 Å². The topological polar surface area (TPSA) is 29.3 Å². The maximum Gasteiger partial charge on any atom is 0.193 e. The number of halogens is 1. The molecular weight excluding hydrogens is 278 g/mol. The normalized spacial score (nSPS) is 28.0. The van der Waals surface area contributed by atoms with Crippen LogP contribution in [0.25, 0.3) is 4.96 Å². The summed E-state index contributed by atoms with van der Waals surface area (Å²) < 4.78 is 2.08. The van der Waals surface area contributed by atoms with Gasteiger partial charge in [0.2, 0.25) is 0 Å². The molecular formula is C14H20ClN3S. The number of rotatable bonds is 4. The zero-order valence-corrected chi connectivity index (χ0v) is 12.8. The molecule has 0 aliphatic heterocycles. The maximum absolute atomic E-state index is 6.22. The predicted molar refractivity (Wildman–Crippen MR) is 81.0 cm³/mol. The summed E-state index contributed by atoms with van der Waals surface area (Å²) >= 11 is 7.90. The summed E-state index contributed by atoms with van der Waals surface area (Å²) in [5, 5.41) is 5.73. The van der Waals surface area contributed by atoms with E-state index in [0.717, 1.165) is 23.1 Å². The zero-order valence-electron chi connectivity index (χ0n) is 11.2. The number of alkyl halides is 1. The highest BCUT2D eigenvalue weighted by Crippen LogP contribution is 2.33. The lowest BCUT2D eigenvalue weighted by molar-refractivity contribution is 0.215. The molecule has 5 heteroatoms. The number of fused-ring (bicyclic) bond motifs is 1. The molecule has 1 saturated carbocycles. The molecule has 3 rings (SSSR count). The third kappa shape index (κ3) is 2.81. The average molecular weight is 298 g/mol. The molecule has 1 N–H and O–H groups in total. The number of nitrogens with one attached hydrogen (secondary N) is 1. The van der Waals surface area contributed by atoms with E-state index in [0.29, 0.717) is 5.88 Å². The largest absolute Gasteiger partial charge is 0.304 e. The average Bonchev–Trinajstić information content (AvgIpc) is 2.99. The Morgan fingerprint density at radius 1 is 1.53 bits per heavy atom. The number of hydrogen-bond acceptors (Lipinski definition) is 3. The van der Waals surface area contributed by atoms with E-state index in [1.54, 1.807) is 11.3 Å². The molecule has 0 saturated heterocycles. The van der Waals surface area contributed by atoms with Crippen LogP contribution in [0.3, 0.4) is 0 Å². The Morgan fingerprint density at radius 2 is 2.32 bits per heavy atom. The fourth-order valence-electron chi connectivity index (χ4n) is 2.81. The van der Waals surface area contributed by atoms with Crippen LogP contribution in [0.4, 0.5) is 0 Å². The van der Waals surface area contributed by atoms with Crippen LogP contribution < -0.4 is 5.32 Å². The van der Waals surface area contributed by atoms with Gasteiger partial charge < -0.3 is 5.32 Å². The lowest BCUT2D eigenvalue weighted by atomic mass is 9.78. The highest BCUT2D eigenvalue weighted by Gasteiger charge is 2.32. The third-order valence-electron chi connectivity index (χ3n) is 4.27. The van der Waals surface area contributed by atoms with Gasteiger partial charge in [0.05, 0.1) is 5.69 Å². The quantitative estimate of drug-likeness (QED) is 0.873. The second-order valence-electron chi connectivity index (χ2n) is 5.78. The molecule has 0 aromatic carbocycles. The minimum absolute atomic E-state index is 0.116. The maximum atomic E-state index is 6.22. The van der Waals surface area contributed by atoms with Crippen molar-refractivity contribution in [2.75, 3.05) is 5.88 Å². The molecule has 2 heterocycles. The van der Waals surface area contributed by atoms with Crippen molar-refractivity contribution in [3.8, 4) is 0 Å². The molecule has 0 amide bonds. The number of imidazole rings is 1. The highest BCUT2D eigenvalue weighted by atomic mass is 35.5. The molecule has 1 aliphatic carbocycles. The first kappa shape index (κ1) is 13.4. The minimum atomic E-state index is 0.116. The Balaban J connectivity index is 1.65. The van der Waals surface area contributed by atoms with E-state index in [4.69, 9.17) is 11.6 Å².